The standard InChI is InChI=1S/C15H17BrN2O4S3/c16-14-6-7-15(23-14)25(21,22)18-10-8-17(9-11-18)24(19,20)12-13-4-2-1-3-5-13/h1-7H,8-12H2. The van der Waals surface area contributed by atoms with Crippen molar-refractivity contribution in [3.63, 3.8) is 0 Å². The molecule has 0 unspecified atom stereocenters. The molecule has 0 radical (unpaired) electrons. The van der Waals surface area contributed by atoms with E-state index in [0.717, 1.165) is 20.7 Å². The van der Waals surface area contributed by atoms with Gasteiger partial charge in [-0.3, -0.25) is 0 Å². The van der Waals surface area contributed by atoms with Crippen LogP contribution in [0.4, 0.5) is 0 Å². The summed E-state index contributed by atoms with van der Waals surface area (Å²) in [5, 5.41) is 0. The minimum atomic E-state index is -3.57. The summed E-state index contributed by atoms with van der Waals surface area (Å²) in [5.74, 6) is -0.0710. The summed E-state index contributed by atoms with van der Waals surface area (Å²) in [7, 11) is -7.03. The third-order valence-electron chi connectivity index (χ3n) is 3.93. The zero-order valence-electron chi connectivity index (χ0n) is 13.2. The highest BCUT2D eigenvalue weighted by Crippen LogP contribution is 2.29. The third-order valence-corrected chi connectivity index (χ3v) is 9.77. The predicted molar refractivity (Wildman–Crippen MR) is 101 cm³/mol. The van der Waals surface area contributed by atoms with Crippen molar-refractivity contribution >= 4 is 47.3 Å². The lowest BCUT2D eigenvalue weighted by Gasteiger charge is -2.33. The fourth-order valence-electron chi connectivity index (χ4n) is 2.63. The van der Waals surface area contributed by atoms with Crippen LogP contribution in [0.3, 0.4) is 0 Å². The van der Waals surface area contributed by atoms with E-state index in [-0.39, 0.29) is 36.1 Å². The molecule has 25 heavy (non-hydrogen) atoms. The Morgan fingerprint density at radius 3 is 2.04 bits per heavy atom. The zero-order chi connectivity index (χ0) is 18.1. The molecule has 3 rings (SSSR count). The molecule has 0 bridgehead atoms. The van der Waals surface area contributed by atoms with Gasteiger partial charge in [-0.2, -0.15) is 8.61 Å². The number of hydrogen-bond donors (Lipinski definition) is 0. The van der Waals surface area contributed by atoms with Crippen LogP contribution in [-0.4, -0.2) is 51.6 Å². The van der Waals surface area contributed by atoms with Crippen LogP contribution < -0.4 is 0 Å². The van der Waals surface area contributed by atoms with E-state index in [2.05, 4.69) is 15.9 Å². The molecule has 0 aliphatic carbocycles. The molecule has 0 amide bonds. The smallest absolute Gasteiger partial charge is 0.212 e. The minimum absolute atomic E-state index is 0.0710. The quantitative estimate of drug-likeness (QED) is 0.680. The first-order valence-corrected chi connectivity index (χ1v) is 12.2. The second kappa shape index (κ2) is 7.45. The van der Waals surface area contributed by atoms with E-state index in [1.54, 1.807) is 36.4 Å². The molecule has 2 aromatic rings. The van der Waals surface area contributed by atoms with Gasteiger partial charge >= 0.3 is 0 Å². The van der Waals surface area contributed by atoms with Gasteiger partial charge < -0.3 is 0 Å². The number of nitrogens with zero attached hydrogens (tertiary/aromatic N) is 2. The van der Waals surface area contributed by atoms with Crippen molar-refractivity contribution in [2.45, 2.75) is 9.96 Å². The molecular formula is C15H17BrN2O4S3. The van der Waals surface area contributed by atoms with Crippen molar-refractivity contribution in [3.8, 4) is 0 Å². The number of rotatable bonds is 5. The van der Waals surface area contributed by atoms with E-state index < -0.39 is 20.0 Å². The number of halogens is 1. The van der Waals surface area contributed by atoms with E-state index in [1.165, 1.54) is 8.61 Å². The number of sulfonamides is 2. The summed E-state index contributed by atoms with van der Waals surface area (Å²) in [6, 6.07) is 12.2. The molecule has 1 fully saturated rings. The maximum absolute atomic E-state index is 12.6. The van der Waals surface area contributed by atoms with Crippen LogP contribution in [0.15, 0.2) is 50.5 Å². The highest BCUT2D eigenvalue weighted by atomic mass is 79.9. The summed E-state index contributed by atoms with van der Waals surface area (Å²) in [5.41, 5.74) is 0.723. The molecule has 136 valence electrons. The van der Waals surface area contributed by atoms with Gasteiger partial charge in [0, 0.05) is 26.2 Å². The monoisotopic (exact) mass is 464 g/mol. The summed E-state index contributed by atoms with van der Waals surface area (Å²) in [6.07, 6.45) is 0. The molecule has 10 heteroatoms. The van der Waals surface area contributed by atoms with Gasteiger partial charge in [0.15, 0.2) is 0 Å². The van der Waals surface area contributed by atoms with Gasteiger partial charge in [0.1, 0.15) is 4.21 Å². The normalized spacial score (nSPS) is 17.6. The summed E-state index contributed by atoms with van der Waals surface area (Å²) < 4.78 is 54.0. The zero-order valence-corrected chi connectivity index (χ0v) is 17.2. The lowest BCUT2D eigenvalue weighted by atomic mass is 10.2. The average molecular weight is 465 g/mol. The molecule has 1 aromatic carbocycles. The van der Waals surface area contributed by atoms with Gasteiger partial charge in [-0.1, -0.05) is 30.3 Å². The van der Waals surface area contributed by atoms with Crippen LogP contribution in [0.25, 0.3) is 0 Å². The third kappa shape index (κ3) is 4.32. The molecule has 0 atom stereocenters. The average Bonchev–Trinajstić information content (AvgIpc) is 3.03. The van der Waals surface area contributed by atoms with E-state index >= 15 is 0 Å². The Morgan fingerprint density at radius 2 is 1.48 bits per heavy atom. The predicted octanol–water partition coefficient (Wildman–Crippen LogP) is 2.35. The van der Waals surface area contributed by atoms with Crippen molar-refractivity contribution in [1.82, 2.24) is 8.61 Å². The highest BCUT2D eigenvalue weighted by molar-refractivity contribution is 9.11. The largest absolute Gasteiger partial charge is 0.252 e. The van der Waals surface area contributed by atoms with Gasteiger partial charge in [0.05, 0.1) is 9.54 Å². The van der Waals surface area contributed by atoms with Crippen LogP contribution in [0, 0.1) is 0 Å². The SMILES string of the molecule is O=S(=O)(Cc1ccccc1)N1CCN(S(=O)(=O)c2ccc(Br)s2)CC1. The molecular weight excluding hydrogens is 448 g/mol. The van der Waals surface area contributed by atoms with Crippen LogP contribution in [0.1, 0.15) is 5.56 Å². The minimum Gasteiger partial charge on any atom is -0.212 e. The fourth-order valence-corrected chi connectivity index (χ4v) is 7.73. The second-order valence-corrected chi connectivity index (χ2v) is 12.2. The summed E-state index contributed by atoms with van der Waals surface area (Å²) >= 11 is 4.42. The Labute approximate surface area is 160 Å². The van der Waals surface area contributed by atoms with Gasteiger partial charge in [0.2, 0.25) is 10.0 Å². The highest BCUT2D eigenvalue weighted by Gasteiger charge is 2.33. The summed E-state index contributed by atoms with van der Waals surface area (Å²) in [6.45, 7) is 0.652. The molecule has 1 aromatic heterocycles. The van der Waals surface area contributed by atoms with E-state index in [1.807, 2.05) is 6.07 Å². The van der Waals surface area contributed by atoms with Gasteiger partial charge in [-0.25, -0.2) is 16.8 Å². The van der Waals surface area contributed by atoms with E-state index in [4.69, 9.17) is 0 Å². The molecule has 1 aliphatic rings. The Balaban J connectivity index is 1.67. The molecule has 1 saturated heterocycles. The molecule has 1 aliphatic heterocycles. The van der Waals surface area contributed by atoms with Crippen LogP contribution in [-0.2, 0) is 25.8 Å². The fraction of sp³-hybridized carbons (Fsp3) is 0.333. The van der Waals surface area contributed by atoms with Crippen molar-refractivity contribution < 1.29 is 16.8 Å². The first-order valence-electron chi connectivity index (χ1n) is 7.56. The van der Waals surface area contributed by atoms with Crippen LogP contribution in [0.5, 0.6) is 0 Å². The lowest BCUT2D eigenvalue weighted by Crippen LogP contribution is -2.50. The Kier molecular flexibility index (Phi) is 5.66. The maximum atomic E-state index is 12.6. The van der Waals surface area contributed by atoms with Crippen LogP contribution >= 0.6 is 27.3 Å². The van der Waals surface area contributed by atoms with Gasteiger partial charge in [0.25, 0.3) is 10.0 Å². The Morgan fingerprint density at radius 1 is 0.880 bits per heavy atom. The second-order valence-electron chi connectivity index (χ2n) is 5.60. The van der Waals surface area contributed by atoms with Crippen LogP contribution in [0.2, 0.25) is 0 Å². The maximum Gasteiger partial charge on any atom is 0.252 e. The number of benzene rings is 1. The van der Waals surface area contributed by atoms with Crippen molar-refractivity contribution in [3.05, 3.63) is 51.8 Å². The summed E-state index contributed by atoms with van der Waals surface area (Å²) in [4.78, 5) is 0. The van der Waals surface area contributed by atoms with Gasteiger partial charge in [-0.05, 0) is 33.6 Å². The number of thiophene rings is 1. The molecule has 0 N–H and O–H groups in total. The van der Waals surface area contributed by atoms with E-state index in [9.17, 15) is 16.8 Å². The Bertz CT molecular complexity index is 934. The number of hydrogen-bond acceptors (Lipinski definition) is 5. The van der Waals surface area contributed by atoms with E-state index in [0.29, 0.717) is 0 Å². The lowest BCUT2D eigenvalue weighted by molar-refractivity contribution is 0.273. The Hall–Kier alpha value is -0.780. The first kappa shape index (κ1) is 19.0. The molecule has 6 nitrogen and oxygen atoms in total. The molecule has 0 saturated carbocycles. The van der Waals surface area contributed by atoms with Crippen molar-refractivity contribution in [2.75, 3.05) is 26.2 Å². The van der Waals surface area contributed by atoms with Crippen molar-refractivity contribution in [1.29, 1.82) is 0 Å². The van der Waals surface area contributed by atoms with Gasteiger partial charge in [-0.15, -0.1) is 11.3 Å². The first-order chi connectivity index (χ1) is 11.8. The molecule has 2 heterocycles. The topological polar surface area (TPSA) is 74.8 Å². The molecule has 0 spiro atoms. The number of piperazine rings is 1. The van der Waals surface area contributed by atoms with Crippen molar-refractivity contribution in [2.24, 2.45) is 0 Å².